The van der Waals surface area contributed by atoms with Gasteiger partial charge < -0.3 is 20.7 Å². The Morgan fingerprint density at radius 2 is 1.54 bits per heavy atom. The maximum atomic E-state index is 12.4. The van der Waals surface area contributed by atoms with Crippen molar-refractivity contribution in [3.05, 3.63) is 54.1 Å². The van der Waals surface area contributed by atoms with Gasteiger partial charge in [0.1, 0.15) is 5.75 Å². The number of nitrogens with one attached hydrogen (secondary N) is 3. The first-order chi connectivity index (χ1) is 13.3. The van der Waals surface area contributed by atoms with Gasteiger partial charge in [0, 0.05) is 22.5 Å². The van der Waals surface area contributed by atoms with Crippen molar-refractivity contribution in [1.82, 2.24) is 5.32 Å². The molecule has 0 radical (unpaired) electrons. The number of rotatable bonds is 9. The van der Waals surface area contributed by atoms with E-state index in [9.17, 15) is 9.59 Å². The maximum absolute atomic E-state index is 12.4. The third kappa shape index (κ3) is 6.61. The van der Waals surface area contributed by atoms with Gasteiger partial charge in [0.15, 0.2) is 0 Å². The molecule has 0 atom stereocenters. The van der Waals surface area contributed by atoms with Crippen molar-refractivity contribution in [2.45, 2.75) is 39.7 Å². The normalized spacial score (nSPS) is 10.9. The van der Waals surface area contributed by atoms with E-state index in [0.717, 1.165) is 17.9 Å². The minimum Gasteiger partial charge on any atom is -0.494 e. The van der Waals surface area contributed by atoms with Crippen LogP contribution >= 0.6 is 0 Å². The molecule has 0 aliphatic heterocycles. The SMILES string of the molecule is CCOc1ccc(NC(=O)c2ccc(NCC(=O)NC(C)(C)CC)cc2)cc1. The smallest absolute Gasteiger partial charge is 0.255 e. The van der Waals surface area contributed by atoms with Crippen molar-refractivity contribution < 1.29 is 14.3 Å². The Morgan fingerprint density at radius 1 is 0.929 bits per heavy atom. The molecular formula is C22H29N3O3. The van der Waals surface area contributed by atoms with Crippen LogP contribution in [0.1, 0.15) is 44.5 Å². The number of carbonyl (C=O) groups excluding carboxylic acids is 2. The molecule has 0 fully saturated rings. The third-order valence-electron chi connectivity index (χ3n) is 4.39. The van der Waals surface area contributed by atoms with E-state index in [-0.39, 0.29) is 23.9 Å². The van der Waals surface area contributed by atoms with E-state index >= 15 is 0 Å². The summed E-state index contributed by atoms with van der Waals surface area (Å²) in [5.74, 6) is 0.504. The summed E-state index contributed by atoms with van der Waals surface area (Å²) in [5.41, 5.74) is 1.80. The van der Waals surface area contributed by atoms with Crippen LogP contribution in [0.4, 0.5) is 11.4 Å². The van der Waals surface area contributed by atoms with Gasteiger partial charge in [0.05, 0.1) is 13.2 Å². The van der Waals surface area contributed by atoms with Crippen LogP contribution in [0.5, 0.6) is 5.75 Å². The fourth-order valence-electron chi connectivity index (χ4n) is 2.44. The molecule has 28 heavy (non-hydrogen) atoms. The predicted molar refractivity (Wildman–Crippen MR) is 113 cm³/mol. The van der Waals surface area contributed by atoms with Crippen molar-refractivity contribution in [1.29, 1.82) is 0 Å². The van der Waals surface area contributed by atoms with Gasteiger partial charge in [-0.05, 0) is 75.7 Å². The van der Waals surface area contributed by atoms with Gasteiger partial charge in [-0.15, -0.1) is 0 Å². The second-order valence-electron chi connectivity index (χ2n) is 7.13. The van der Waals surface area contributed by atoms with E-state index in [1.807, 2.05) is 39.8 Å². The monoisotopic (exact) mass is 383 g/mol. The van der Waals surface area contributed by atoms with Crippen LogP contribution in [0.15, 0.2) is 48.5 Å². The molecule has 0 saturated heterocycles. The lowest BCUT2D eigenvalue weighted by molar-refractivity contribution is -0.121. The summed E-state index contributed by atoms with van der Waals surface area (Å²) in [5, 5.41) is 8.89. The Hall–Kier alpha value is -3.02. The van der Waals surface area contributed by atoms with E-state index in [1.54, 1.807) is 36.4 Å². The van der Waals surface area contributed by atoms with Crippen LogP contribution in [0, 0.1) is 0 Å². The van der Waals surface area contributed by atoms with Crippen molar-refractivity contribution >= 4 is 23.2 Å². The molecule has 0 spiro atoms. The molecule has 0 bridgehead atoms. The lowest BCUT2D eigenvalue weighted by Gasteiger charge is -2.24. The number of benzene rings is 2. The van der Waals surface area contributed by atoms with Gasteiger partial charge in [0.2, 0.25) is 5.91 Å². The molecule has 150 valence electrons. The van der Waals surface area contributed by atoms with Crippen LogP contribution in [0.3, 0.4) is 0 Å². The van der Waals surface area contributed by atoms with E-state index in [1.165, 1.54) is 0 Å². The Morgan fingerprint density at radius 3 is 2.11 bits per heavy atom. The molecule has 6 nitrogen and oxygen atoms in total. The van der Waals surface area contributed by atoms with Crippen LogP contribution in [-0.4, -0.2) is 30.5 Å². The van der Waals surface area contributed by atoms with Gasteiger partial charge in [-0.3, -0.25) is 9.59 Å². The van der Waals surface area contributed by atoms with Gasteiger partial charge in [-0.1, -0.05) is 6.92 Å². The lowest BCUT2D eigenvalue weighted by atomic mass is 10.0. The summed E-state index contributed by atoms with van der Waals surface area (Å²) in [6.45, 7) is 8.72. The van der Waals surface area contributed by atoms with E-state index < -0.39 is 0 Å². The predicted octanol–water partition coefficient (Wildman–Crippen LogP) is 4.05. The third-order valence-corrected chi connectivity index (χ3v) is 4.39. The zero-order valence-corrected chi connectivity index (χ0v) is 17.0. The molecule has 0 saturated carbocycles. The molecular weight excluding hydrogens is 354 g/mol. The van der Waals surface area contributed by atoms with Gasteiger partial charge in [-0.25, -0.2) is 0 Å². The standard InChI is InChI=1S/C22H29N3O3/c1-5-22(3,4)25-20(26)15-23-17-9-7-16(8-10-17)21(27)24-18-11-13-19(14-12-18)28-6-2/h7-14,23H,5-6,15H2,1-4H3,(H,24,27)(H,25,26). The number of hydrogen-bond donors (Lipinski definition) is 3. The van der Waals surface area contributed by atoms with Gasteiger partial charge in [-0.2, -0.15) is 0 Å². The first kappa shape index (κ1) is 21.3. The highest BCUT2D eigenvalue weighted by atomic mass is 16.5. The molecule has 2 aromatic carbocycles. The molecule has 0 aliphatic rings. The van der Waals surface area contributed by atoms with Gasteiger partial charge >= 0.3 is 0 Å². The number of amides is 2. The quantitative estimate of drug-likeness (QED) is 0.610. The highest BCUT2D eigenvalue weighted by molar-refractivity contribution is 6.04. The molecule has 0 heterocycles. The summed E-state index contributed by atoms with van der Waals surface area (Å²) >= 11 is 0. The molecule has 2 amide bonds. The second kappa shape index (κ2) is 9.78. The number of hydrogen-bond acceptors (Lipinski definition) is 4. The highest BCUT2D eigenvalue weighted by Crippen LogP contribution is 2.17. The van der Waals surface area contributed by atoms with Gasteiger partial charge in [0.25, 0.3) is 5.91 Å². The average Bonchev–Trinajstić information content (AvgIpc) is 2.68. The molecule has 3 N–H and O–H groups in total. The fraction of sp³-hybridized carbons (Fsp3) is 0.364. The van der Waals surface area contributed by atoms with Crippen molar-refractivity contribution in [2.75, 3.05) is 23.8 Å². The molecule has 0 aromatic heterocycles. The Kier molecular flexibility index (Phi) is 7.44. The zero-order valence-electron chi connectivity index (χ0n) is 17.0. The van der Waals surface area contributed by atoms with Crippen molar-refractivity contribution in [3.8, 4) is 5.75 Å². The van der Waals surface area contributed by atoms with Crippen LogP contribution < -0.4 is 20.7 Å². The van der Waals surface area contributed by atoms with Crippen LogP contribution in [0.25, 0.3) is 0 Å². The van der Waals surface area contributed by atoms with Crippen LogP contribution in [-0.2, 0) is 4.79 Å². The summed E-state index contributed by atoms with van der Waals surface area (Å²) in [6, 6.07) is 14.2. The Labute approximate surface area is 166 Å². The summed E-state index contributed by atoms with van der Waals surface area (Å²) in [4.78, 5) is 24.4. The highest BCUT2D eigenvalue weighted by Gasteiger charge is 2.17. The summed E-state index contributed by atoms with van der Waals surface area (Å²) < 4.78 is 5.39. The largest absolute Gasteiger partial charge is 0.494 e. The van der Waals surface area contributed by atoms with Crippen molar-refractivity contribution in [2.24, 2.45) is 0 Å². The van der Waals surface area contributed by atoms with Crippen LogP contribution in [0.2, 0.25) is 0 Å². The molecule has 0 unspecified atom stereocenters. The van der Waals surface area contributed by atoms with E-state index in [4.69, 9.17) is 4.74 Å². The lowest BCUT2D eigenvalue weighted by Crippen LogP contribution is -2.45. The fourth-order valence-corrected chi connectivity index (χ4v) is 2.44. The molecule has 2 rings (SSSR count). The molecule has 6 heteroatoms. The summed E-state index contributed by atoms with van der Waals surface area (Å²) in [7, 11) is 0. The maximum Gasteiger partial charge on any atom is 0.255 e. The summed E-state index contributed by atoms with van der Waals surface area (Å²) in [6.07, 6.45) is 0.858. The van der Waals surface area contributed by atoms with E-state index in [2.05, 4.69) is 16.0 Å². The zero-order chi connectivity index (χ0) is 20.6. The molecule has 2 aromatic rings. The minimum absolute atomic E-state index is 0.0656. The molecule has 0 aliphatic carbocycles. The second-order valence-corrected chi connectivity index (χ2v) is 7.13. The average molecular weight is 383 g/mol. The Balaban J connectivity index is 1.87. The number of anilines is 2. The topological polar surface area (TPSA) is 79.5 Å². The first-order valence-electron chi connectivity index (χ1n) is 9.52. The first-order valence-corrected chi connectivity index (χ1v) is 9.52. The minimum atomic E-state index is -0.221. The number of carbonyl (C=O) groups is 2. The van der Waals surface area contributed by atoms with E-state index in [0.29, 0.717) is 17.9 Å². The Bertz CT molecular complexity index is 784. The van der Waals surface area contributed by atoms with Crippen molar-refractivity contribution in [3.63, 3.8) is 0 Å². The number of ether oxygens (including phenoxy) is 1.